The van der Waals surface area contributed by atoms with Gasteiger partial charge in [0.05, 0.1) is 6.54 Å². The molecule has 1 amide bonds. The van der Waals surface area contributed by atoms with E-state index in [0.717, 1.165) is 44.0 Å². The molecule has 1 aliphatic heterocycles. The number of H-pyrrole nitrogens is 1. The molecular weight excluding hydrogens is 342 g/mol. The van der Waals surface area contributed by atoms with Crippen LogP contribution in [0.1, 0.15) is 37.2 Å². The maximum absolute atomic E-state index is 13.0. The number of hydrogen-bond acceptors (Lipinski definition) is 5. The van der Waals surface area contributed by atoms with Gasteiger partial charge in [-0.1, -0.05) is 6.07 Å². The van der Waals surface area contributed by atoms with Crippen molar-refractivity contribution in [2.24, 2.45) is 0 Å². The molecule has 0 atom stereocenters. The number of nitrogens with one attached hydrogen (secondary N) is 1. The maximum atomic E-state index is 13.0. The summed E-state index contributed by atoms with van der Waals surface area (Å²) in [6.45, 7) is 7.50. The normalized spacial score (nSPS) is 17.8. The lowest BCUT2D eigenvalue weighted by Crippen LogP contribution is -2.55. The van der Waals surface area contributed by atoms with Crippen molar-refractivity contribution in [2.75, 3.05) is 26.2 Å². The zero-order valence-corrected chi connectivity index (χ0v) is 16.1. The molecule has 7 nitrogen and oxygen atoms in total. The summed E-state index contributed by atoms with van der Waals surface area (Å²) in [7, 11) is 0. The Labute approximate surface area is 159 Å². The molecule has 1 fully saturated rings. The highest BCUT2D eigenvalue weighted by Crippen LogP contribution is 2.28. The Hall–Kier alpha value is -2.41. The lowest BCUT2D eigenvalue weighted by molar-refractivity contribution is -0.147. The minimum absolute atomic E-state index is 0.0438. The van der Waals surface area contributed by atoms with E-state index in [1.165, 1.54) is 23.9 Å². The first-order chi connectivity index (χ1) is 13.0. The minimum Gasteiger partial charge on any atom is -0.478 e. The van der Waals surface area contributed by atoms with Crippen LogP contribution in [0.3, 0.4) is 0 Å². The van der Waals surface area contributed by atoms with Crippen LogP contribution in [0.15, 0.2) is 24.5 Å². The van der Waals surface area contributed by atoms with Crippen molar-refractivity contribution in [3.05, 3.63) is 41.5 Å². The summed E-state index contributed by atoms with van der Waals surface area (Å²) >= 11 is 0. The van der Waals surface area contributed by atoms with E-state index in [1.54, 1.807) is 0 Å². The summed E-state index contributed by atoms with van der Waals surface area (Å²) < 4.78 is 6.13. The molecule has 1 saturated heterocycles. The van der Waals surface area contributed by atoms with E-state index in [-0.39, 0.29) is 5.91 Å². The van der Waals surface area contributed by atoms with Crippen molar-refractivity contribution in [3.63, 3.8) is 0 Å². The second-order valence-electron chi connectivity index (χ2n) is 7.90. The zero-order valence-electron chi connectivity index (χ0n) is 16.1. The van der Waals surface area contributed by atoms with E-state index < -0.39 is 5.60 Å². The number of aromatic amines is 1. The monoisotopic (exact) mass is 369 g/mol. The fraction of sp³-hybridized carbons (Fsp3) is 0.550. The number of rotatable bonds is 5. The van der Waals surface area contributed by atoms with Crippen LogP contribution in [0.5, 0.6) is 5.75 Å². The number of aryl methyl sites for hydroxylation is 2. The van der Waals surface area contributed by atoms with Gasteiger partial charge in [-0.05, 0) is 56.4 Å². The second-order valence-corrected chi connectivity index (χ2v) is 7.90. The molecule has 0 saturated carbocycles. The number of fused-ring (bicyclic) bond motifs is 1. The molecular formula is C20H27N5O2. The van der Waals surface area contributed by atoms with Gasteiger partial charge in [-0.3, -0.25) is 14.8 Å². The number of ether oxygens (including phenoxy) is 1. The molecule has 7 heteroatoms. The van der Waals surface area contributed by atoms with Crippen molar-refractivity contribution in [1.29, 1.82) is 0 Å². The Morgan fingerprint density at radius 3 is 2.70 bits per heavy atom. The fourth-order valence-corrected chi connectivity index (χ4v) is 3.96. The highest BCUT2D eigenvalue weighted by molar-refractivity contribution is 5.85. The van der Waals surface area contributed by atoms with Crippen molar-refractivity contribution in [3.8, 4) is 5.75 Å². The van der Waals surface area contributed by atoms with E-state index in [9.17, 15) is 4.79 Å². The number of hydrogen-bond donors (Lipinski definition) is 1. The quantitative estimate of drug-likeness (QED) is 0.870. The molecule has 0 unspecified atom stereocenters. The van der Waals surface area contributed by atoms with E-state index in [4.69, 9.17) is 4.74 Å². The third-order valence-corrected chi connectivity index (χ3v) is 5.46. The molecule has 2 aromatic rings. The number of amides is 1. The summed E-state index contributed by atoms with van der Waals surface area (Å²) in [6, 6.07) is 6.24. The molecule has 0 spiro atoms. The predicted molar refractivity (Wildman–Crippen MR) is 101 cm³/mol. The molecule has 1 aromatic carbocycles. The minimum atomic E-state index is -0.875. The van der Waals surface area contributed by atoms with E-state index in [1.807, 2.05) is 24.8 Å². The van der Waals surface area contributed by atoms with Crippen molar-refractivity contribution in [1.82, 2.24) is 25.0 Å². The van der Waals surface area contributed by atoms with Crippen molar-refractivity contribution < 1.29 is 9.53 Å². The Bertz CT molecular complexity index is 795. The van der Waals surface area contributed by atoms with E-state index in [0.29, 0.717) is 13.1 Å². The fourth-order valence-electron chi connectivity index (χ4n) is 3.96. The smallest absolute Gasteiger partial charge is 0.266 e. The molecule has 1 N–H and O–H groups in total. The van der Waals surface area contributed by atoms with Gasteiger partial charge >= 0.3 is 0 Å². The molecule has 144 valence electrons. The van der Waals surface area contributed by atoms with Gasteiger partial charge in [-0.25, -0.2) is 4.98 Å². The first kappa shape index (κ1) is 18.0. The van der Waals surface area contributed by atoms with E-state index in [2.05, 4.69) is 32.2 Å². The Morgan fingerprint density at radius 1 is 1.19 bits per heavy atom. The largest absolute Gasteiger partial charge is 0.478 e. The highest BCUT2D eigenvalue weighted by Gasteiger charge is 2.36. The topological polar surface area (TPSA) is 74.3 Å². The van der Waals surface area contributed by atoms with Gasteiger partial charge in [0, 0.05) is 26.2 Å². The van der Waals surface area contributed by atoms with Crippen LogP contribution >= 0.6 is 0 Å². The molecule has 2 aliphatic rings. The summed E-state index contributed by atoms with van der Waals surface area (Å²) in [4.78, 5) is 21.4. The number of carbonyl (C=O) groups excluding carboxylic acids is 1. The van der Waals surface area contributed by atoms with Gasteiger partial charge in [0.2, 0.25) is 0 Å². The van der Waals surface area contributed by atoms with Crippen molar-refractivity contribution >= 4 is 5.91 Å². The van der Waals surface area contributed by atoms with Crippen LogP contribution in [-0.4, -0.2) is 62.7 Å². The highest BCUT2D eigenvalue weighted by atomic mass is 16.5. The van der Waals surface area contributed by atoms with Gasteiger partial charge in [0.25, 0.3) is 5.91 Å². The maximum Gasteiger partial charge on any atom is 0.266 e. The van der Waals surface area contributed by atoms with Crippen LogP contribution in [0.25, 0.3) is 0 Å². The van der Waals surface area contributed by atoms with E-state index >= 15 is 0 Å². The Morgan fingerprint density at radius 2 is 1.96 bits per heavy atom. The van der Waals surface area contributed by atoms with Crippen LogP contribution in [0, 0.1) is 0 Å². The Balaban J connectivity index is 1.34. The average molecular weight is 369 g/mol. The van der Waals surface area contributed by atoms with Crippen LogP contribution < -0.4 is 4.74 Å². The Kier molecular flexibility index (Phi) is 4.86. The SMILES string of the molecule is CC(C)(Oc1ccc2c(c1)CCC2)C(=O)N1CCN(Cc2ncn[nH]2)CC1. The van der Waals surface area contributed by atoms with Gasteiger partial charge in [-0.15, -0.1) is 0 Å². The number of carbonyl (C=O) groups is 1. The number of aromatic nitrogens is 3. The molecule has 0 bridgehead atoms. The second kappa shape index (κ2) is 7.31. The predicted octanol–water partition coefficient (Wildman–Crippen LogP) is 1.80. The van der Waals surface area contributed by atoms with Crippen LogP contribution in [-0.2, 0) is 24.2 Å². The van der Waals surface area contributed by atoms with Gasteiger partial charge in [-0.2, -0.15) is 5.10 Å². The third-order valence-electron chi connectivity index (χ3n) is 5.46. The third kappa shape index (κ3) is 3.98. The van der Waals surface area contributed by atoms with Gasteiger partial charge in [0.15, 0.2) is 5.60 Å². The molecule has 1 aliphatic carbocycles. The lowest BCUT2D eigenvalue weighted by Gasteiger charge is -2.38. The first-order valence-corrected chi connectivity index (χ1v) is 9.68. The lowest BCUT2D eigenvalue weighted by atomic mass is 10.1. The molecule has 0 radical (unpaired) electrons. The molecule has 1 aromatic heterocycles. The van der Waals surface area contributed by atoms with Gasteiger partial charge in [0.1, 0.15) is 17.9 Å². The first-order valence-electron chi connectivity index (χ1n) is 9.68. The summed E-state index contributed by atoms with van der Waals surface area (Å²) in [5, 5.41) is 6.77. The standard InChI is InChI=1S/C20H27N5O2/c1-20(2,27-17-7-6-15-4-3-5-16(15)12-17)19(26)25-10-8-24(9-11-25)13-18-21-14-22-23-18/h6-7,12,14H,3-5,8-11,13H2,1-2H3,(H,21,22,23). The number of nitrogens with zero attached hydrogens (tertiary/aromatic N) is 4. The molecule has 27 heavy (non-hydrogen) atoms. The van der Waals surface area contributed by atoms with Crippen molar-refractivity contribution in [2.45, 2.75) is 45.3 Å². The number of piperazine rings is 1. The summed E-state index contributed by atoms with van der Waals surface area (Å²) in [5.74, 6) is 1.69. The van der Waals surface area contributed by atoms with Crippen LogP contribution in [0.2, 0.25) is 0 Å². The van der Waals surface area contributed by atoms with Crippen LogP contribution in [0.4, 0.5) is 0 Å². The number of benzene rings is 1. The van der Waals surface area contributed by atoms with Gasteiger partial charge < -0.3 is 9.64 Å². The molecule has 4 rings (SSSR count). The molecule has 2 heterocycles. The average Bonchev–Trinajstić information content (AvgIpc) is 3.32. The summed E-state index contributed by atoms with van der Waals surface area (Å²) in [5.41, 5.74) is 1.89. The zero-order chi connectivity index (χ0) is 18.9. The summed E-state index contributed by atoms with van der Waals surface area (Å²) in [6.07, 6.45) is 4.98.